The Balaban J connectivity index is 0.00000240. The Labute approximate surface area is 188 Å². The molecule has 3 atom stereocenters. The monoisotopic (exact) mass is 512 g/mol. The van der Waals surface area contributed by atoms with E-state index in [-0.39, 0.29) is 47.8 Å². The normalized spacial score (nSPS) is 23.3. The van der Waals surface area contributed by atoms with Crippen LogP contribution in [-0.2, 0) is 13.0 Å². The predicted molar refractivity (Wildman–Crippen MR) is 123 cm³/mol. The van der Waals surface area contributed by atoms with Crippen molar-refractivity contribution in [3.05, 3.63) is 47.3 Å². The van der Waals surface area contributed by atoms with E-state index >= 15 is 0 Å². The average molecular weight is 512 g/mol. The summed E-state index contributed by atoms with van der Waals surface area (Å²) >= 11 is 0. The number of halogens is 2. The van der Waals surface area contributed by atoms with Crippen molar-refractivity contribution in [2.45, 2.75) is 70.5 Å². The summed E-state index contributed by atoms with van der Waals surface area (Å²) < 4.78 is 16.0. The maximum absolute atomic E-state index is 14.0. The third kappa shape index (κ3) is 5.07. The summed E-state index contributed by atoms with van der Waals surface area (Å²) in [6.07, 6.45) is 2.85. The van der Waals surface area contributed by atoms with Gasteiger partial charge in [-0.3, -0.25) is 4.99 Å². The first kappa shape index (κ1) is 22.0. The van der Waals surface area contributed by atoms with E-state index in [1.807, 2.05) is 23.7 Å². The van der Waals surface area contributed by atoms with Crippen molar-refractivity contribution in [3.8, 4) is 0 Å². The molecule has 0 spiro atoms. The second kappa shape index (κ2) is 9.40. The Morgan fingerprint density at radius 1 is 1.31 bits per heavy atom. The second-order valence-electron chi connectivity index (χ2n) is 8.04. The molecule has 3 unspecified atom stereocenters. The molecule has 2 aromatic rings. The van der Waals surface area contributed by atoms with Crippen LogP contribution in [0.1, 0.15) is 62.7 Å². The molecular formula is C21H30FIN6. The van der Waals surface area contributed by atoms with Gasteiger partial charge in [-0.15, -0.1) is 24.0 Å². The highest BCUT2D eigenvalue weighted by molar-refractivity contribution is 14.0. The lowest BCUT2D eigenvalue weighted by atomic mass is 10.1. The van der Waals surface area contributed by atoms with Crippen molar-refractivity contribution in [1.29, 1.82) is 0 Å². The number of aromatic nitrogens is 3. The lowest BCUT2D eigenvalue weighted by Crippen LogP contribution is -2.48. The number of rotatable bonds is 5. The van der Waals surface area contributed by atoms with E-state index in [0.29, 0.717) is 12.5 Å². The zero-order valence-corrected chi connectivity index (χ0v) is 19.6. The number of hydrogen-bond donors (Lipinski definition) is 2. The molecule has 2 heterocycles. The summed E-state index contributed by atoms with van der Waals surface area (Å²) in [6, 6.07) is 7.54. The molecule has 8 heteroatoms. The highest BCUT2D eigenvalue weighted by Crippen LogP contribution is 2.41. The van der Waals surface area contributed by atoms with Crippen molar-refractivity contribution in [1.82, 2.24) is 25.4 Å². The summed E-state index contributed by atoms with van der Waals surface area (Å²) in [6.45, 7) is 7.76. The van der Waals surface area contributed by atoms with Crippen LogP contribution in [0.4, 0.5) is 4.39 Å². The molecule has 1 saturated carbocycles. The quantitative estimate of drug-likeness (QED) is 0.365. The Kier molecular flexibility index (Phi) is 7.13. The zero-order chi connectivity index (χ0) is 19.7. The van der Waals surface area contributed by atoms with E-state index in [0.717, 1.165) is 49.0 Å². The second-order valence-corrected chi connectivity index (χ2v) is 8.04. The van der Waals surface area contributed by atoms with Crippen molar-refractivity contribution < 1.29 is 4.39 Å². The molecule has 1 fully saturated rings. The maximum atomic E-state index is 14.0. The van der Waals surface area contributed by atoms with Gasteiger partial charge in [0.05, 0.1) is 6.54 Å². The standard InChI is InChI=1S/C21H29FN6.HI/c1-4-23-21(25-18-11-16(18)15-7-5-6-8-17(15)22)24-14-9-10-19-26-20(13(2)3)27-28(19)12-14;/h5-8,13-14,16,18H,4,9-12H2,1-3H3,(H2,23,24,25);1H. The van der Waals surface area contributed by atoms with Crippen molar-refractivity contribution >= 4 is 29.9 Å². The molecule has 0 saturated heterocycles. The van der Waals surface area contributed by atoms with Crippen LogP contribution in [0.25, 0.3) is 0 Å². The van der Waals surface area contributed by atoms with E-state index in [2.05, 4.69) is 39.6 Å². The molecule has 29 heavy (non-hydrogen) atoms. The molecule has 158 valence electrons. The van der Waals surface area contributed by atoms with Crippen LogP contribution in [0, 0.1) is 5.82 Å². The number of hydrogen-bond acceptors (Lipinski definition) is 3. The Morgan fingerprint density at radius 3 is 2.83 bits per heavy atom. The minimum Gasteiger partial charge on any atom is -0.353 e. The molecule has 2 aliphatic rings. The number of aliphatic imine (C=N–C) groups is 1. The minimum atomic E-state index is -0.120. The van der Waals surface area contributed by atoms with E-state index in [4.69, 9.17) is 0 Å². The number of nitrogens with one attached hydrogen (secondary N) is 2. The maximum Gasteiger partial charge on any atom is 0.191 e. The van der Waals surface area contributed by atoms with E-state index in [9.17, 15) is 4.39 Å². The largest absolute Gasteiger partial charge is 0.353 e. The van der Waals surface area contributed by atoms with E-state index < -0.39 is 0 Å². The SMILES string of the molecule is CCN=C(NC1CCc2nc(C(C)C)nn2C1)NC1CC1c1ccccc1F.I. The van der Waals surface area contributed by atoms with Gasteiger partial charge in [-0.25, -0.2) is 14.1 Å². The molecule has 1 aromatic carbocycles. The molecule has 1 aliphatic heterocycles. The molecule has 0 bridgehead atoms. The lowest BCUT2D eigenvalue weighted by molar-refractivity contribution is 0.391. The van der Waals surface area contributed by atoms with Crippen LogP contribution >= 0.6 is 24.0 Å². The molecule has 6 nitrogen and oxygen atoms in total. The first-order valence-electron chi connectivity index (χ1n) is 10.3. The van der Waals surface area contributed by atoms with Gasteiger partial charge in [-0.1, -0.05) is 32.0 Å². The van der Waals surface area contributed by atoms with Gasteiger partial charge in [-0.05, 0) is 31.4 Å². The molecule has 1 aromatic heterocycles. The topological polar surface area (TPSA) is 67.1 Å². The van der Waals surface area contributed by atoms with E-state index in [1.54, 1.807) is 6.07 Å². The number of aryl methyl sites for hydroxylation is 1. The van der Waals surface area contributed by atoms with Crippen molar-refractivity contribution in [2.75, 3.05) is 6.54 Å². The van der Waals surface area contributed by atoms with Crippen LogP contribution < -0.4 is 10.6 Å². The van der Waals surface area contributed by atoms with Gasteiger partial charge < -0.3 is 10.6 Å². The fourth-order valence-corrected chi connectivity index (χ4v) is 3.82. The number of fused-ring (bicyclic) bond motifs is 1. The fourth-order valence-electron chi connectivity index (χ4n) is 3.82. The van der Waals surface area contributed by atoms with Gasteiger partial charge in [0.15, 0.2) is 11.8 Å². The molecule has 0 radical (unpaired) electrons. The fraction of sp³-hybridized carbons (Fsp3) is 0.571. The highest BCUT2D eigenvalue weighted by atomic mass is 127. The first-order chi connectivity index (χ1) is 13.5. The highest BCUT2D eigenvalue weighted by Gasteiger charge is 2.40. The summed E-state index contributed by atoms with van der Waals surface area (Å²) in [7, 11) is 0. The lowest BCUT2D eigenvalue weighted by Gasteiger charge is -2.25. The summed E-state index contributed by atoms with van der Waals surface area (Å²) in [5.41, 5.74) is 0.794. The molecule has 4 rings (SSSR count). The van der Waals surface area contributed by atoms with Gasteiger partial charge >= 0.3 is 0 Å². The number of benzene rings is 1. The predicted octanol–water partition coefficient (Wildman–Crippen LogP) is 3.58. The van der Waals surface area contributed by atoms with Crippen molar-refractivity contribution in [2.24, 2.45) is 4.99 Å². The molecule has 2 N–H and O–H groups in total. The van der Waals surface area contributed by atoms with Crippen molar-refractivity contribution in [3.63, 3.8) is 0 Å². The number of guanidine groups is 1. The molecule has 0 amide bonds. The van der Waals surface area contributed by atoms with Gasteiger partial charge in [-0.2, -0.15) is 5.10 Å². The van der Waals surface area contributed by atoms with Crippen LogP contribution in [-0.4, -0.2) is 39.4 Å². The van der Waals surface area contributed by atoms with Gasteiger partial charge in [0.2, 0.25) is 0 Å². The third-order valence-electron chi connectivity index (χ3n) is 5.47. The Bertz CT molecular complexity index is 865. The smallest absolute Gasteiger partial charge is 0.191 e. The minimum absolute atomic E-state index is 0. The third-order valence-corrected chi connectivity index (χ3v) is 5.47. The van der Waals surface area contributed by atoms with Crippen LogP contribution in [0.5, 0.6) is 0 Å². The summed E-state index contributed by atoms with van der Waals surface area (Å²) in [5, 5.41) is 11.7. The van der Waals surface area contributed by atoms with E-state index in [1.165, 1.54) is 6.07 Å². The van der Waals surface area contributed by atoms with Gasteiger partial charge in [0.25, 0.3) is 0 Å². The van der Waals surface area contributed by atoms with Crippen LogP contribution in [0.2, 0.25) is 0 Å². The van der Waals surface area contributed by atoms with Crippen LogP contribution in [0.3, 0.4) is 0 Å². The average Bonchev–Trinajstić information content (AvgIpc) is 3.28. The van der Waals surface area contributed by atoms with Gasteiger partial charge in [0.1, 0.15) is 11.6 Å². The summed E-state index contributed by atoms with van der Waals surface area (Å²) in [4.78, 5) is 9.25. The first-order valence-corrected chi connectivity index (χ1v) is 10.3. The number of nitrogens with zero attached hydrogens (tertiary/aromatic N) is 4. The molecular weight excluding hydrogens is 482 g/mol. The Hall–Kier alpha value is -1.71. The summed E-state index contributed by atoms with van der Waals surface area (Å²) in [5.74, 6) is 3.24. The zero-order valence-electron chi connectivity index (χ0n) is 17.2. The van der Waals surface area contributed by atoms with Gasteiger partial charge in [0, 0.05) is 36.9 Å². The van der Waals surface area contributed by atoms with Crippen LogP contribution in [0.15, 0.2) is 29.3 Å². The molecule has 1 aliphatic carbocycles. The Morgan fingerprint density at radius 2 is 2.10 bits per heavy atom.